The lowest BCUT2D eigenvalue weighted by Crippen LogP contribution is -2.01. The van der Waals surface area contributed by atoms with Gasteiger partial charge >= 0.3 is 5.97 Å². The number of methoxy groups -OCH3 is 1. The van der Waals surface area contributed by atoms with Crippen molar-refractivity contribution < 1.29 is 19.4 Å². The number of carboxylic acids is 1. The molecule has 2 rings (SSSR count). The van der Waals surface area contributed by atoms with Gasteiger partial charge in [0.25, 0.3) is 0 Å². The van der Waals surface area contributed by atoms with E-state index in [0.29, 0.717) is 20.4 Å². The molecular weight excluding hydrogens is 427 g/mol. The third-order valence-electron chi connectivity index (χ3n) is 2.62. The Morgan fingerprint density at radius 3 is 2.43 bits per heavy atom. The maximum absolute atomic E-state index is 11.2. The average Bonchev–Trinajstić information content (AvgIpc) is 2.44. The van der Waals surface area contributed by atoms with Crippen LogP contribution in [0.3, 0.4) is 0 Å². The Morgan fingerprint density at radius 1 is 1.19 bits per heavy atom. The number of benzene rings is 2. The first-order chi connectivity index (χ1) is 9.93. The predicted octanol–water partition coefficient (Wildman–Crippen LogP) is 5.36. The fraction of sp³-hybridized carbons (Fsp3) is 0.0714. The van der Waals surface area contributed by atoms with E-state index in [1.165, 1.54) is 6.07 Å². The second-order valence-corrected chi connectivity index (χ2v) is 6.06. The molecule has 0 aliphatic heterocycles. The molecule has 4 nitrogen and oxygen atoms in total. The van der Waals surface area contributed by atoms with E-state index in [1.807, 2.05) is 0 Å². The van der Waals surface area contributed by atoms with Crippen molar-refractivity contribution in [3.63, 3.8) is 0 Å². The first-order valence-corrected chi connectivity index (χ1v) is 7.63. The maximum atomic E-state index is 11.2. The quantitative estimate of drug-likeness (QED) is 0.701. The van der Waals surface area contributed by atoms with E-state index in [0.717, 1.165) is 0 Å². The number of hydrogen-bond donors (Lipinski definition) is 1. The van der Waals surface area contributed by atoms with Gasteiger partial charge in [0.2, 0.25) is 0 Å². The topological polar surface area (TPSA) is 55.8 Å². The molecular formula is C14H9Br2ClO4. The van der Waals surface area contributed by atoms with Crippen LogP contribution >= 0.6 is 43.5 Å². The van der Waals surface area contributed by atoms with E-state index in [1.54, 1.807) is 31.4 Å². The highest BCUT2D eigenvalue weighted by molar-refractivity contribution is 9.11. The number of carbonyl (C=O) groups is 1. The molecule has 0 saturated carbocycles. The molecule has 0 aromatic heterocycles. The normalized spacial score (nSPS) is 10.3. The van der Waals surface area contributed by atoms with Crippen LogP contribution in [0.15, 0.2) is 39.3 Å². The van der Waals surface area contributed by atoms with Crippen LogP contribution in [-0.4, -0.2) is 18.2 Å². The van der Waals surface area contributed by atoms with Gasteiger partial charge in [0, 0.05) is 0 Å². The lowest BCUT2D eigenvalue weighted by Gasteiger charge is -2.13. The molecule has 0 fully saturated rings. The third-order valence-corrected chi connectivity index (χ3v) is 4.15. The summed E-state index contributed by atoms with van der Waals surface area (Å²) < 4.78 is 12.1. The van der Waals surface area contributed by atoms with Gasteiger partial charge in [-0.2, -0.15) is 0 Å². The maximum Gasteiger partial charge on any atom is 0.339 e. The largest absolute Gasteiger partial charge is 0.496 e. The van der Waals surface area contributed by atoms with E-state index in [4.69, 9.17) is 21.1 Å². The number of carboxylic acid groups (broad SMARTS) is 1. The third kappa shape index (κ3) is 3.51. The smallest absolute Gasteiger partial charge is 0.339 e. The van der Waals surface area contributed by atoms with Crippen LogP contribution in [-0.2, 0) is 0 Å². The fourth-order valence-electron chi connectivity index (χ4n) is 1.64. The molecule has 0 aliphatic carbocycles. The number of hydrogen-bond acceptors (Lipinski definition) is 3. The van der Waals surface area contributed by atoms with Crippen LogP contribution in [0.4, 0.5) is 0 Å². The molecule has 2 aromatic rings. The van der Waals surface area contributed by atoms with Gasteiger partial charge in [-0.1, -0.05) is 17.7 Å². The standard InChI is InChI=1S/C14H9Br2ClO4/c1-20-11-5-9(16)12(6-8(11)15)21-13-7(14(18)19)3-2-4-10(13)17/h2-6H,1H3,(H,18,19). The van der Waals surface area contributed by atoms with Crippen molar-refractivity contribution in [1.82, 2.24) is 0 Å². The summed E-state index contributed by atoms with van der Waals surface area (Å²) in [4.78, 5) is 11.2. The Kier molecular flexibility index (Phi) is 5.13. The second kappa shape index (κ2) is 6.68. The summed E-state index contributed by atoms with van der Waals surface area (Å²) in [6.45, 7) is 0. The molecule has 7 heteroatoms. The van der Waals surface area contributed by atoms with Gasteiger partial charge in [-0.3, -0.25) is 0 Å². The fourth-order valence-corrected chi connectivity index (χ4v) is 2.74. The number of halogens is 3. The Balaban J connectivity index is 2.48. The predicted molar refractivity (Wildman–Crippen MR) is 86.9 cm³/mol. The minimum absolute atomic E-state index is 0.0126. The molecule has 0 aliphatic rings. The molecule has 0 atom stereocenters. The number of para-hydroxylation sites is 1. The van der Waals surface area contributed by atoms with Crippen LogP contribution in [0.2, 0.25) is 5.02 Å². The first kappa shape index (κ1) is 16.1. The Labute approximate surface area is 142 Å². The molecule has 0 heterocycles. The summed E-state index contributed by atoms with van der Waals surface area (Å²) in [5.41, 5.74) is -0.0126. The Hall–Kier alpha value is -1.24. The van der Waals surface area contributed by atoms with Crippen molar-refractivity contribution in [2.24, 2.45) is 0 Å². The van der Waals surface area contributed by atoms with E-state index in [2.05, 4.69) is 31.9 Å². The Morgan fingerprint density at radius 2 is 1.81 bits per heavy atom. The SMILES string of the molecule is COc1cc(Br)c(Oc2c(Cl)cccc2C(=O)O)cc1Br. The van der Waals surface area contributed by atoms with Crippen LogP contribution in [0.5, 0.6) is 17.2 Å². The zero-order chi connectivity index (χ0) is 15.6. The highest BCUT2D eigenvalue weighted by Gasteiger charge is 2.17. The van der Waals surface area contributed by atoms with Crippen LogP contribution in [0.1, 0.15) is 10.4 Å². The number of aromatic carboxylic acids is 1. The zero-order valence-corrected chi connectivity index (χ0v) is 14.6. The zero-order valence-electron chi connectivity index (χ0n) is 10.7. The molecule has 0 bridgehead atoms. The second-order valence-electron chi connectivity index (χ2n) is 3.94. The molecule has 21 heavy (non-hydrogen) atoms. The number of rotatable bonds is 4. The minimum Gasteiger partial charge on any atom is -0.496 e. The number of ether oxygens (including phenoxy) is 2. The van der Waals surface area contributed by atoms with Crippen molar-refractivity contribution in [2.45, 2.75) is 0 Å². The van der Waals surface area contributed by atoms with Crippen LogP contribution in [0, 0.1) is 0 Å². The van der Waals surface area contributed by atoms with Gasteiger partial charge in [-0.15, -0.1) is 0 Å². The molecule has 1 N–H and O–H groups in total. The Bertz CT molecular complexity index is 704. The van der Waals surface area contributed by atoms with E-state index in [9.17, 15) is 9.90 Å². The van der Waals surface area contributed by atoms with Gasteiger partial charge in [-0.05, 0) is 56.1 Å². The molecule has 110 valence electrons. The molecule has 0 amide bonds. The van der Waals surface area contributed by atoms with Crippen molar-refractivity contribution in [3.05, 3.63) is 49.9 Å². The van der Waals surface area contributed by atoms with Crippen LogP contribution in [0.25, 0.3) is 0 Å². The minimum atomic E-state index is -1.11. The summed E-state index contributed by atoms with van der Waals surface area (Å²) in [5, 5.41) is 9.41. The van der Waals surface area contributed by atoms with Crippen molar-refractivity contribution >= 4 is 49.4 Å². The molecule has 0 spiro atoms. The van der Waals surface area contributed by atoms with Gasteiger partial charge in [0.15, 0.2) is 5.75 Å². The van der Waals surface area contributed by atoms with Crippen molar-refractivity contribution in [2.75, 3.05) is 7.11 Å². The van der Waals surface area contributed by atoms with E-state index < -0.39 is 5.97 Å². The summed E-state index contributed by atoms with van der Waals surface area (Å²) in [7, 11) is 1.55. The monoisotopic (exact) mass is 434 g/mol. The summed E-state index contributed by atoms with van der Waals surface area (Å²) in [6, 6.07) is 7.91. The van der Waals surface area contributed by atoms with Gasteiger partial charge in [0.1, 0.15) is 17.1 Å². The van der Waals surface area contributed by atoms with E-state index >= 15 is 0 Å². The van der Waals surface area contributed by atoms with Crippen molar-refractivity contribution in [1.29, 1.82) is 0 Å². The highest BCUT2D eigenvalue weighted by Crippen LogP contribution is 2.40. The summed E-state index contributed by atoms with van der Waals surface area (Å²) >= 11 is 12.7. The molecule has 0 radical (unpaired) electrons. The molecule has 2 aromatic carbocycles. The summed E-state index contributed by atoms with van der Waals surface area (Å²) in [5.74, 6) is 0.00532. The average molecular weight is 436 g/mol. The van der Waals surface area contributed by atoms with Crippen LogP contribution < -0.4 is 9.47 Å². The lowest BCUT2D eigenvalue weighted by atomic mass is 10.2. The lowest BCUT2D eigenvalue weighted by molar-refractivity contribution is 0.0694. The van der Waals surface area contributed by atoms with Gasteiger partial charge in [0.05, 0.1) is 21.1 Å². The van der Waals surface area contributed by atoms with Crippen molar-refractivity contribution in [3.8, 4) is 17.2 Å². The molecule has 0 unspecified atom stereocenters. The summed E-state index contributed by atoms with van der Waals surface area (Å²) in [6.07, 6.45) is 0. The first-order valence-electron chi connectivity index (χ1n) is 5.66. The van der Waals surface area contributed by atoms with Gasteiger partial charge < -0.3 is 14.6 Å². The highest BCUT2D eigenvalue weighted by atomic mass is 79.9. The van der Waals surface area contributed by atoms with E-state index in [-0.39, 0.29) is 16.3 Å². The van der Waals surface area contributed by atoms with Gasteiger partial charge in [-0.25, -0.2) is 4.79 Å². The molecule has 0 saturated heterocycles.